The zero-order chi connectivity index (χ0) is 14.8. The van der Waals surface area contributed by atoms with Gasteiger partial charge in [0.2, 0.25) is 10.0 Å². The number of sulfonamides is 1. The first-order valence-corrected chi connectivity index (χ1v) is 9.14. The number of halogens is 2. The van der Waals surface area contributed by atoms with Gasteiger partial charge in [-0.15, -0.1) is 0 Å². The third-order valence-corrected chi connectivity index (χ3v) is 6.55. The van der Waals surface area contributed by atoms with E-state index in [1.807, 2.05) is 0 Å². The first kappa shape index (κ1) is 16.2. The summed E-state index contributed by atoms with van der Waals surface area (Å²) in [6.07, 6.45) is 2.17. The second-order valence-corrected chi connectivity index (χ2v) is 8.38. The molecule has 7 heteroatoms. The van der Waals surface area contributed by atoms with Gasteiger partial charge in [0.25, 0.3) is 0 Å². The van der Waals surface area contributed by atoms with E-state index in [0.717, 1.165) is 25.9 Å². The van der Waals surface area contributed by atoms with Crippen LogP contribution in [0.15, 0.2) is 27.6 Å². The third-order valence-electron chi connectivity index (χ3n) is 3.51. The van der Waals surface area contributed by atoms with Crippen LogP contribution >= 0.6 is 27.5 Å². The Hall–Kier alpha value is -0.140. The lowest BCUT2D eigenvalue weighted by Gasteiger charge is -2.27. The van der Waals surface area contributed by atoms with Gasteiger partial charge in [-0.1, -0.05) is 11.6 Å². The van der Waals surface area contributed by atoms with Crippen LogP contribution in [0.2, 0.25) is 5.02 Å². The minimum atomic E-state index is -3.46. The smallest absolute Gasteiger partial charge is 0.242 e. The van der Waals surface area contributed by atoms with Crippen molar-refractivity contribution in [3.8, 4) is 0 Å². The topological polar surface area (TPSA) is 49.4 Å². The highest BCUT2D eigenvalue weighted by molar-refractivity contribution is 9.10. The number of hydrogen-bond acceptors (Lipinski definition) is 3. The van der Waals surface area contributed by atoms with Gasteiger partial charge in [0.05, 0.1) is 9.92 Å². The fourth-order valence-corrected chi connectivity index (χ4v) is 4.28. The van der Waals surface area contributed by atoms with Crippen molar-refractivity contribution in [2.24, 2.45) is 5.92 Å². The van der Waals surface area contributed by atoms with E-state index in [1.165, 1.54) is 10.4 Å². The molecule has 1 aromatic carbocycles. The van der Waals surface area contributed by atoms with E-state index < -0.39 is 10.0 Å². The first-order chi connectivity index (χ1) is 9.41. The Morgan fingerprint density at radius 1 is 1.50 bits per heavy atom. The van der Waals surface area contributed by atoms with E-state index in [4.69, 9.17) is 11.6 Å². The van der Waals surface area contributed by atoms with Crippen LogP contribution in [0.1, 0.15) is 12.8 Å². The van der Waals surface area contributed by atoms with Crippen molar-refractivity contribution in [1.82, 2.24) is 9.62 Å². The summed E-state index contributed by atoms with van der Waals surface area (Å²) in [7, 11) is -1.83. The maximum Gasteiger partial charge on any atom is 0.242 e. The molecule has 0 spiro atoms. The second-order valence-electron chi connectivity index (χ2n) is 5.07. The SMILES string of the molecule is CN(CC1CCCNC1)S(=O)(=O)c1ccc(Cl)c(Br)c1. The van der Waals surface area contributed by atoms with Gasteiger partial charge in [-0.25, -0.2) is 12.7 Å². The average molecular weight is 382 g/mol. The highest BCUT2D eigenvalue weighted by atomic mass is 79.9. The Morgan fingerprint density at radius 2 is 2.25 bits per heavy atom. The summed E-state index contributed by atoms with van der Waals surface area (Å²) in [6.45, 7) is 2.44. The third kappa shape index (κ3) is 3.74. The lowest BCUT2D eigenvalue weighted by atomic mass is 10.00. The number of hydrogen-bond donors (Lipinski definition) is 1. The summed E-state index contributed by atoms with van der Waals surface area (Å²) < 4.78 is 27.0. The molecule has 0 bridgehead atoms. The summed E-state index contributed by atoms with van der Waals surface area (Å²) in [6, 6.07) is 4.68. The highest BCUT2D eigenvalue weighted by Gasteiger charge is 2.25. The Balaban J connectivity index is 2.13. The molecule has 1 heterocycles. The lowest BCUT2D eigenvalue weighted by molar-refractivity contribution is 0.315. The minimum Gasteiger partial charge on any atom is -0.316 e. The van der Waals surface area contributed by atoms with Crippen LogP contribution in [-0.2, 0) is 10.0 Å². The number of benzene rings is 1. The highest BCUT2D eigenvalue weighted by Crippen LogP contribution is 2.27. The van der Waals surface area contributed by atoms with Crippen molar-refractivity contribution in [2.75, 3.05) is 26.7 Å². The van der Waals surface area contributed by atoms with Crippen molar-refractivity contribution in [1.29, 1.82) is 0 Å². The molecule has 0 aliphatic carbocycles. The van der Waals surface area contributed by atoms with Crippen molar-refractivity contribution in [3.05, 3.63) is 27.7 Å². The van der Waals surface area contributed by atoms with Gasteiger partial charge in [0.1, 0.15) is 0 Å². The molecular formula is C13H18BrClN2O2S. The van der Waals surface area contributed by atoms with E-state index in [0.29, 0.717) is 22.0 Å². The number of nitrogens with one attached hydrogen (secondary N) is 1. The molecule has 1 aromatic rings. The molecule has 112 valence electrons. The summed E-state index contributed by atoms with van der Waals surface area (Å²) in [5.41, 5.74) is 0. The molecule has 1 aliphatic heterocycles. The fraction of sp³-hybridized carbons (Fsp3) is 0.538. The van der Waals surface area contributed by atoms with Crippen LogP contribution in [0.5, 0.6) is 0 Å². The lowest BCUT2D eigenvalue weighted by Crippen LogP contribution is -2.39. The maximum absolute atomic E-state index is 12.5. The minimum absolute atomic E-state index is 0.264. The molecule has 0 saturated carbocycles. The van der Waals surface area contributed by atoms with Crippen molar-refractivity contribution in [2.45, 2.75) is 17.7 Å². The molecule has 1 atom stereocenters. The molecular weight excluding hydrogens is 364 g/mol. The molecule has 1 N–H and O–H groups in total. The van der Waals surface area contributed by atoms with Crippen LogP contribution in [0, 0.1) is 5.92 Å². The van der Waals surface area contributed by atoms with Crippen molar-refractivity contribution in [3.63, 3.8) is 0 Å². The normalized spacial score (nSPS) is 20.3. The number of rotatable bonds is 4. The molecule has 2 rings (SSSR count). The van der Waals surface area contributed by atoms with Crippen LogP contribution in [0.4, 0.5) is 0 Å². The van der Waals surface area contributed by atoms with Gasteiger partial charge >= 0.3 is 0 Å². The molecule has 4 nitrogen and oxygen atoms in total. The van der Waals surface area contributed by atoms with Crippen LogP contribution in [0.3, 0.4) is 0 Å². The predicted molar refractivity (Wildman–Crippen MR) is 84.6 cm³/mol. The molecule has 1 saturated heterocycles. The van der Waals surface area contributed by atoms with Crippen LogP contribution in [-0.4, -0.2) is 39.4 Å². The van der Waals surface area contributed by atoms with Gasteiger partial charge < -0.3 is 5.32 Å². The van der Waals surface area contributed by atoms with Crippen LogP contribution < -0.4 is 5.32 Å². The maximum atomic E-state index is 12.5. The predicted octanol–water partition coefficient (Wildman–Crippen LogP) is 2.72. The fourth-order valence-electron chi connectivity index (χ4n) is 2.36. The quantitative estimate of drug-likeness (QED) is 0.872. The molecule has 0 radical (unpaired) electrons. The zero-order valence-corrected chi connectivity index (χ0v) is 14.4. The Bertz CT molecular complexity index is 574. The van der Waals surface area contributed by atoms with E-state index in [9.17, 15) is 8.42 Å². The first-order valence-electron chi connectivity index (χ1n) is 6.53. The molecule has 1 unspecified atom stereocenters. The average Bonchev–Trinajstić information content (AvgIpc) is 2.42. The van der Waals surface area contributed by atoms with Gasteiger partial charge in [-0.05, 0) is 66.0 Å². The van der Waals surface area contributed by atoms with Crippen molar-refractivity contribution >= 4 is 37.6 Å². The number of nitrogens with zero attached hydrogens (tertiary/aromatic N) is 1. The van der Waals surface area contributed by atoms with Crippen molar-refractivity contribution < 1.29 is 8.42 Å². The summed E-state index contributed by atoms with van der Waals surface area (Å²) >= 11 is 9.16. The standard InChI is InChI=1S/C13H18BrClN2O2S/c1-17(9-10-3-2-6-16-8-10)20(18,19)11-4-5-13(15)12(14)7-11/h4-5,7,10,16H,2-3,6,8-9H2,1H3. The Labute approximate surface area is 133 Å². The van der Waals surface area contributed by atoms with Gasteiger partial charge in [-0.3, -0.25) is 0 Å². The van der Waals surface area contributed by atoms with E-state index in [1.54, 1.807) is 19.2 Å². The Morgan fingerprint density at radius 3 is 2.85 bits per heavy atom. The van der Waals surface area contributed by atoms with Gasteiger partial charge in [-0.2, -0.15) is 0 Å². The van der Waals surface area contributed by atoms with E-state index >= 15 is 0 Å². The van der Waals surface area contributed by atoms with Gasteiger partial charge in [0.15, 0.2) is 0 Å². The zero-order valence-electron chi connectivity index (χ0n) is 11.3. The largest absolute Gasteiger partial charge is 0.316 e. The molecule has 20 heavy (non-hydrogen) atoms. The monoisotopic (exact) mass is 380 g/mol. The van der Waals surface area contributed by atoms with E-state index in [-0.39, 0.29) is 4.90 Å². The van der Waals surface area contributed by atoms with E-state index in [2.05, 4.69) is 21.2 Å². The summed E-state index contributed by atoms with van der Waals surface area (Å²) in [5, 5.41) is 3.80. The van der Waals surface area contributed by atoms with Crippen LogP contribution in [0.25, 0.3) is 0 Å². The second kappa shape index (κ2) is 6.75. The number of piperidine rings is 1. The van der Waals surface area contributed by atoms with Gasteiger partial charge in [0, 0.05) is 18.1 Å². The molecule has 1 aliphatic rings. The molecule has 1 fully saturated rings. The summed E-state index contributed by atoms with van der Waals surface area (Å²) in [5.74, 6) is 0.374. The Kier molecular flexibility index (Phi) is 5.48. The molecule has 0 amide bonds. The summed E-state index contributed by atoms with van der Waals surface area (Å²) in [4.78, 5) is 0.264. The molecule has 0 aromatic heterocycles.